The van der Waals surface area contributed by atoms with Crippen LogP contribution in [0.25, 0.3) is 0 Å². The Bertz CT molecular complexity index is 522. The van der Waals surface area contributed by atoms with E-state index >= 15 is 0 Å². The molecule has 0 spiro atoms. The summed E-state index contributed by atoms with van der Waals surface area (Å²) in [4.78, 5) is 0. The van der Waals surface area contributed by atoms with E-state index in [1.807, 2.05) is 34.6 Å². The molecule has 1 aromatic carbocycles. The van der Waals surface area contributed by atoms with Crippen LogP contribution in [-0.4, -0.2) is 18.3 Å². The van der Waals surface area contributed by atoms with Crippen LogP contribution < -0.4 is 5.46 Å². The molecule has 0 atom stereocenters. The highest BCUT2D eigenvalue weighted by Gasteiger charge is 2.53. The van der Waals surface area contributed by atoms with Crippen molar-refractivity contribution in [3.8, 4) is 0 Å². The lowest BCUT2D eigenvalue weighted by atomic mass is 9.74. The van der Waals surface area contributed by atoms with Gasteiger partial charge in [0, 0.05) is 0 Å². The van der Waals surface area contributed by atoms with Crippen LogP contribution in [0.1, 0.15) is 45.7 Å². The first-order valence-corrected chi connectivity index (χ1v) is 7.03. The van der Waals surface area contributed by atoms with Gasteiger partial charge in [-0.25, -0.2) is 0 Å². The van der Waals surface area contributed by atoms with Crippen molar-refractivity contribution in [2.24, 2.45) is 0 Å². The van der Waals surface area contributed by atoms with Crippen LogP contribution in [0.2, 0.25) is 0 Å². The number of rotatable bonds is 2. The van der Waals surface area contributed by atoms with Gasteiger partial charge in [-0.05, 0) is 45.1 Å². The molecule has 116 valence electrons. The van der Waals surface area contributed by atoms with E-state index in [1.165, 1.54) is 12.1 Å². The number of benzene rings is 1. The third-order valence-electron chi connectivity index (χ3n) is 4.34. The zero-order valence-electron chi connectivity index (χ0n) is 13.0. The quantitative estimate of drug-likeness (QED) is 0.777. The molecule has 1 aliphatic rings. The molecule has 0 saturated carbocycles. The Morgan fingerprint density at radius 2 is 1.57 bits per heavy atom. The largest absolute Gasteiger partial charge is 0.495 e. The third-order valence-corrected chi connectivity index (χ3v) is 4.34. The fourth-order valence-electron chi connectivity index (χ4n) is 2.26. The van der Waals surface area contributed by atoms with Crippen molar-refractivity contribution < 1.29 is 22.5 Å². The summed E-state index contributed by atoms with van der Waals surface area (Å²) >= 11 is 0. The van der Waals surface area contributed by atoms with E-state index in [-0.39, 0.29) is 5.46 Å². The molecule has 0 aromatic heterocycles. The summed E-state index contributed by atoms with van der Waals surface area (Å²) in [5.74, 6) is 0. The first-order chi connectivity index (χ1) is 9.48. The van der Waals surface area contributed by atoms with E-state index in [2.05, 4.69) is 0 Å². The smallest absolute Gasteiger partial charge is 0.399 e. The summed E-state index contributed by atoms with van der Waals surface area (Å²) in [5.41, 5.74) is -1.14. The lowest BCUT2D eigenvalue weighted by Crippen LogP contribution is -2.41. The van der Waals surface area contributed by atoms with Crippen molar-refractivity contribution >= 4 is 12.6 Å². The summed E-state index contributed by atoms with van der Waals surface area (Å²) in [6.45, 7) is 9.19. The maximum atomic E-state index is 13.2. The highest BCUT2D eigenvalue weighted by Crippen LogP contribution is 2.38. The van der Waals surface area contributed by atoms with Crippen LogP contribution in [0.3, 0.4) is 0 Å². The molecule has 0 N–H and O–H groups in total. The molecule has 1 aliphatic heterocycles. The van der Waals surface area contributed by atoms with Crippen LogP contribution >= 0.6 is 0 Å². The minimum atomic E-state index is -4.43. The fourth-order valence-corrected chi connectivity index (χ4v) is 2.26. The van der Waals surface area contributed by atoms with Gasteiger partial charge in [-0.1, -0.05) is 25.1 Å². The van der Waals surface area contributed by atoms with E-state index in [9.17, 15) is 13.2 Å². The minimum Gasteiger partial charge on any atom is -0.399 e. The van der Waals surface area contributed by atoms with Crippen molar-refractivity contribution in [2.75, 3.05) is 0 Å². The van der Waals surface area contributed by atoms with Crippen LogP contribution in [0.4, 0.5) is 13.2 Å². The Kier molecular flexibility index (Phi) is 3.91. The Hall–Kier alpha value is -1.01. The number of alkyl halides is 3. The molecule has 2 nitrogen and oxygen atoms in total. The number of hydrogen-bond acceptors (Lipinski definition) is 2. The predicted molar refractivity (Wildman–Crippen MR) is 76.5 cm³/mol. The predicted octanol–water partition coefficient (Wildman–Crippen LogP) is 3.57. The SMILES string of the molecule is CCc1ccc(C(F)(F)F)c(B2OC(C)(C)C(C)(C)O2)c1. The summed E-state index contributed by atoms with van der Waals surface area (Å²) in [6, 6.07) is 4.14. The Labute approximate surface area is 123 Å². The van der Waals surface area contributed by atoms with Gasteiger partial charge in [0.15, 0.2) is 0 Å². The maximum Gasteiger partial charge on any atom is 0.495 e. The van der Waals surface area contributed by atoms with E-state index in [0.717, 1.165) is 11.6 Å². The van der Waals surface area contributed by atoms with Crippen molar-refractivity contribution in [3.05, 3.63) is 29.3 Å². The van der Waals surface area contributed by atoms with Gasteiger partial charge < -0.3 is 9.31 Å². The summed E-state index contributed by atoms with van der Waals surface area (Å²) in [5, 5.41) is 0. The summed E-state index contributed by atoms with van der Waals surface area (Å²) in [6.07, 6.45) is -3.77. The van der Waals surface area contributed by atoms with Gasteiger partial charge in [0.25, 0.3) is 0 Å². The number of hydrogen-bond donors (Lipinski definition) is 0. The number of aryl methyl sites for hydroxylation is 1. The van der Waals surface area contributed by atoms with Gasteiger partial charge >= 0.3 is 13.3 Å². The average Bonchev–Trinajstić information content (AvgIpc) is 2.56. The highest BCUT2D eigenvalue weighted by atomic mass is 19.4. The summed E-state index contributed by atoms with van der Waals surface area (Å²) < 4.78 is 51.2. The van der Waals surface area contributed by atoms with Gasteiger partial charge in [-0.15, -0.1) is 0 Å². The van der Waals surface area contributed by atoms with Crippen LogP contribution in [0.15, 0.2) is 18.2 Å². The van der Waals surface area contributed by atoms with Crippen LogP contribution in [0, 0.1) is 0 Å². The van der Waals surface area contributed by atoms with Crippen molar-refractivity contribution in [2.45, 2.75) is 58.4 Å². The molecule has 1 saturated heterocycles. The van der Waals surface area contributed by atoms with Gasteiger partial charge in [0.05, 0.1) is 16.8 Å². The van der Waals surface area contributed by atoms with Gasteiger partial charge in [0.2, 0.25) is 0 Å². The van der Waals surface area contributed by atoms with E-state index in [4.69, 9.17) is 9.31 Å². The molecule has 0 radical (unpaired) electrons. The molecule has 0 amide bonds. The Morgan fingerprint density at radius 1 is 1.05 bits per heavy atom. The van der Waals surface area contributed by atoms with E-state index in [1.54, 1.807) is 0 Å². The first kappa shape index (κ1) is 16.4. The topological polar surface area (TPSA) is 18.5 Å². The molecular weight excluding hydrogens is 280 g/mol. The summed E-state index contributed by atoms with van der Waals surface area (Å²) in [7, 11) is -1.00. The van der Waals surface area contributed by atoms with Gasteiger partial charge in [-0.2, -0.15) is 13.2 Å². The second kappa shape index (κ2) is 5.02. The van der Waals surface area contributed by atoms with Crippen molar-refractivity contribution in [1.29, 1.82) is 0 Å². The highest BCUT2D eigenvalue weighted by molar-refractivity contribution is 6.62. The molecular formula is C15H20BF3O2. The van der Waals surface area contributed by atoms with Crippen LogP contribution in [0.5, 0.6) is 0 Å². The van der Waals surface area contributed by atoms with Gasteiger partial charge in [0.1, 0.15) is 0 Å². The molecule has 1 fully saturated rings. The minimum absolute atomic E-state index is 0.0560. The molecule has 2 rings (SSSR count). The molecule has 1 heterocycles. The number of halogens is 3. The molecule has 6 heteroatoms. The molecule has 0 unspecified atom stereocenters. The maximum absolute atomic E-state index is 13.2. The Morgan fingerprint density at radius 3 is 2.00 bits per heavy atom. The third kappa shape index (κ3) is 2.97. The first-order valence-electron chi connectivity index (χ1n) is 7.03. The lowest BCUT2D eigenvalue weighted by molar-refractivity contribution is -0.136. The zero-order valence-corrected chi connectivity index (χ0v) is 13.0. The normalized spacial score (nSPS) is 20.9. The van der Waals surface area contributed by atoms with Gasteiger partial charge in [-0.3, -0.25) is 0 Å². The standard InChI is InChI=1S/C15H20BF3O2/c1-6-10-7-8-11(15(17,18)19)12(9-10)16-20-13(2,3)14(4,5)21-16/h7-9H,6H2,1-5H3. The second-order valence-electron chi connectivity index (χ2n) is 6.36. The lowest BCUT2D eigenvalue weighted by Gasteiger charge is -2.32. The molecule has 0 aliphatic carbocycles. The zero-order chi connectivity index (χ0) is 16.1. The average molecular weight is 300 g/mol. The van der Waals surface area contributed by atoms with E-state index in [0.29, 0.717) is 6.42 Å². The second-order valence-corrected chi connectivity index (χ2v) is 6.36. The van der Waals surface area contributed by atoms with Crippen LogP contribution in [-0.2, 0) is 21.9 Å². The van der Waals surface area contributed by atoms with Crippen molar-refractivity contribution in [1.82, 2.24) is 0 Å². The van der Waals surface area contributed by atoms with Crippen molar-refractivity contribution in [3.63, 3.8) is 0 Å². The van der Waals surface area contributed by atoms with E-state index < -0.39 is 30.1 Å². The molecule has 1 aromatic rings. The Balaban J connectivity index is 2.48. The molecule has 21 heavy (non-hydrogen) atoms. The fraction of sp³-hybridized carbons (Fsp3) is 0.600. The molecule has 0 bridgehead atoms. The monoisotopic (exact) mass is 300 g/mol.